The van der Waals surface area contributed by atoms with E-state index in [9.17, 15) is 4.79 Å². The van der Waals surface area contributed by atoms with Gasteiger partial charge >= 0.3 is 0 Å². The molecular formula is C10H12BrNOS. The lowest BCUT2D eigenvalue weighted by molar-refractivity contribution is -0.120. The predicted octanol–water partition coefficient (Wildman–Crippen LogP) is 2.38. The molecule has 1 atom stereocenters. The molecule has 0 saturated heterocycles. The van der Waals surface area contributed by atoms with Crippen LogP contribution in [0.25, 0.3) is 0 Å². The number of hydrogen-bond acceptors (Lipinski definition) is 2. The molecule has 0 bridgehead atoms. The lowest BCUT2D eigenvalue weighted by Crippen LogP contribution is -2.29. The normalized spacial score (nSPS) is 12.2. The SMILES string of the molecule is CC(S)C(=O)NCc1cccc(Br)c1. The van der Waals surface area contributed by atoms with E-state index in [0.717, 1.165) is 10.0 Å². The number of carbonyl (C=O) groups excluding carboxylic acids is 1. The van der Waals surface area contributed by atoms with E-state index in [1.54, 1.807) is 6.92 Å². The first-order chi connectivity index (χ1) is 6.59. The molecule has 1 aromatic carbocycles. The summed E-state index contributed by atoms with van der Waals surface area (Å²) in [7, 11) is 0. The highest BCUT2D eigenvalue weighted by Crippen LogP contribution is 2.11. The summed E-state index contributed by atoms with van der Waals surface area (Å²) < 4.78 is 1.02. The van der Waals surface area contributed by atoms with E-state index in [-0.39, 0.29) is 11.2 Å². The van der Waals surface area contributed by atoms with Crippen LogP contribution in [0, 0.1) is 0 Å². The number of rotatable bonds is 3. The van der Waals surface area contributed by atoms with Gasteiger partial charge in [0.25, 0.3) is 0 Å². The Morgan fingerprint density at radius 2 is 2.36 bits per heavy atom. The maximum absolute atomic E-state index is 11.2. The number of amides is 1. The molecule has 1 aromatic rings. The van der Waals surface area contributed by atoms with E-state index in [4.69, 9.17) is 0 Å². The highest BCUT2D eigenvalue weighted by molar-refractivity contribution is 9.10. The van der Waals surface area contributed by atoms with Crippen molar-refractivity contribution < 1.29 is 4.79 Å². The van der Waals surface area contributed by atoms with Crippen LogP contribution in [0.5, 0.6) is 0 Å². The fourth-order valence-corrected chi connectivity index (χ4v) is 1.52. The molecule has 14 heavy (non-hydrogen) atoms. The van der Waals surface area contributed by atoms with Crippen molar-refractivity contribution in [3.63, 3.8) is 0 Å². The summed E-state index contributed by atoms with van der Waals surface area (Å²) in [6, 6.07) is 7.83. The summed E-state index contributed by atoms with van der Waals surface area (Å²) in [5, 5.41) is 2.53. The molecule has 0 saturated carbocycles. The average Bonchev–Trinajstić information content (AvgIpc) is 2.14. The van der Waals surface area contributed by atoms with E-state index in [1.165, 1.54) is 0 Å². The van der Waals surface area contributed by atoms with E-state index in [2.05, 4.69) is 33.9 Å². The fraction of sp³-hybridized carbons (Fsp3) is 0.300. The molecule has 76 valence electrons. The average molecular weight is 274 g/mol. The van der Waals surface area contributed by atoms with Gasteiger partial charge in [-0.2, -0.15) is 12.6 Å². The molecular weight excluding hydrogens is 262 g/mol. The van der Waals surface area contributed by atoms with Gasteiger partial charge in [-0.25, -0.2) is 0 Å². The second-order valence-electron chi connectivity index (χ2n) is 3.02. The summed E-state index contributed by atoms with van der Waals surface area (Å²) in [5.74, 6) is -0.0479. The second kappa shape index (κ2) is 5.41. The fourth-order valence-electron chi connectivity index (χ4n) is 0.984. The molecule has 0 spiro atoms. The van der Waals surface area contributed by atoms with Gasteiger partial charge < -0.3 is 5.32 Å². The van der Waals surface area contributed by atoms with Crippen LogP contribution in [0.15, 0.2) is 28.7 Å². The van der Waals surface area contributed by atoms with Gasteiger partial charge in [-0.1, -0.05) is 28.1 Å². The molecule has 0 aliphatic carbocycles. The smallest absolute Gasteiger partial charge is 0.232 e. The Labute approximate surface area is 97.6 Å². The van der Waals surface area contributed by atoms with Crippen LogP contribution >= 0.6 is 28.6 Å². The van der Waals surface area contributed by atoms with Gasteiger partial charge in [0.2, 0.25) is 5.91 Å². The third kappa shape index (κ3) is 3.72. The molecule has 0 aromatic heterocycles. The molecule has 4 heteroatoms. The van der Waals surface area contributed by atoms with Crippen molar-refractivity contribution in [1.82, 2.24) is 5.32 Å². The minimum Gasteiger partial charge on any atom is -0.351 e. The van der Waals surface area contributed by atoms with Crippen molar-refractivity contribution >= 4 is 34.5 Å². The number of hydrogen-bond donors (Lipinski definition) is 2. The molecule has 2 nitrogen and oxygen atoms in total. The zero-order valence-electron chi connectivity index (χ0n) is 7.83. The van der Waals surface area contributed by atoms with Crippen molar-refractivity contribution in [1.29, 1.82) is 0 Å². The van der Waals surface area contributed by atoms with E-state index >= 15 is 0 Å². The Morgan fingerprint density at radius 1 is 1.64 bits per heavy atom. The van der Waals surface area contributed by atoms with E-state index in [1.807, 2.05) is 24.3 Å². The molecule has 1 rings (SSSR count). The lowest BCUT2D eigenvalue weighted by Gasteiger charge is -2.07. The van der Waals surface area contributed by atoms with Gasteiger partial charge in [-0.3, -0.25) is 4.79 Å². The highest BCUT2D eigenvalue weighted by atomic mass is 79.9. The second-order valence-corrected chi connectivity index (χ2v) is 4.71. The third-order valence-corrected chi connectivity index (χ3v) is 2.46. The zero-order chi connectivity index (χ0) is 10.6. The van der Waals surface area contributed by atoms with Crippen molar-refractivity contribution in [3.8, 4) is 0 Å². The largest absolute Gasteiger partial charge is 0.351 e. The highest BCUT2D eigenvalue weighted by Gasteiger charge is 2.06. The van der Waals surface area contributed by atoms with Gasteiger partial charge in [-0.05, 0) is 24.6 Å². The maximum atomic E-state index is 11.2. The first kappa shape index (κ1) is 11.6. The molecule has 1 amide bonds. The quantitative estimate of drug-likeness (QED) is 0.814. The van der Waals surface area contributed by atoms with Gasteiger partial charge in [-0.15, -0.1) is 0 Å². The summed E-state index contributed by atoms with van der Waals surface area (Å²) in [6.45, 7) is 2.29. The van der Waals surface area contributed by atoms with Crippen molar-refractivity contribution in [2.45, 2.75) is 18.7 Å². The molecule has 0 aliphatic heterocycles. The molecule has 0 heterocycles. The summed E-state index contributed by atoms with van der Waals surface area (Å²) in [4.78, 5) is 11.2. The Hall–Kier alpha value is -0.480. The standard InChI is InChI=1S/C10H12BrNOS/c1-7(14)10(13)12-6-8-3-2-4-9(11)5-8/h2-5,7,14H,6H2,1H3,(H,12,13). The predicted molar refractivity (Wildman–Crippen MR) is 64.4 cm³/mol. The van der Waals surface area contributed by atoms with Crippen molar-refractivity contribution in [2.24, 2.45) is 0 Å². The van der Waals surface area contributed by atoms with Crippen LogP contribution in [-0.2, 0) is 11.3 Å². The lowest BCUT2D eigenvalue weighted by atomic mass is 10.2. The number of halogens is 1. The Morgan fingerprint density at radius 3 is 2.93 bits per heavy atom. The third-order valence-electron chi connectivity index (χ3n) is 1.74. The first-order valence-corrected chi connectivity index (χ1v) is 5.61. The minimum absolute atomic E-state index is 0.0479. The molecule has 1 N–H and O–H groups in total. The van der Waals surface area contributed by atoms with Crippen LogP contribution in [0.3, 0.4) is 0 Å². The Kier molecular flexibility index (Phi) is 4.48. The maximum Gasteiger partial charge on any atom is 0.232 e. The van der Waals surface area contributed by atoms with Crippen LogP contribution in [0.1, 0.15) is 12.5 Å². The number of nitrogens with one attached hydrogen (secondary N) is 1. The molecule has 0 aliphatic rings. The summed E-state index contributed by atoms with van der Waals surface area (Å²) in [6.07, 6.45) is 0. The van der Waals surface area contributed by atoms with Gasteiger partial charge in [0.15, 0.2) is 0 Å². The van der Waals surface area contributed by atoms with Crippen LogP contribution in [0.4, 0.5) is 0 Å². The minimum atomic E-state index is -0.262. The molecule has 0 fully saturated rings. The Balaban J connectivity index is 2.50. The van der Waals surface area contributed by atoms with Crippen LogP contribution in [0.2, 0.25) is 0 Å². The number of carbonyl (C=O) groups is 1. The monoisotopic (exact) mass is 273 g/mol. The topological polar surface area (TPSA) is 29.1 Å². The van der Waals surface area contributed by atoms with E-state index in [0.29, 0.717) is 6.54 Å². The summed E-state index contributed by atoms with van der Waals surface area (Å²) in [5.41, 5.74) is 1.07. The van der Waals surface area contributed by atoms with Gasteiger partial charge in [0.1, 0.15) is 0 Å². The number of thiol groups is 1. The van der Waals surface area contributed by atoms with Crippen molar-refractivity contribution in [2.75, 3.05) is 0 Å². The molecule has 0 radical (unpaired) electrons. The van der Waals surface area contributed by atoms with Gasteiger partial charge in [0.05, 0.1) is 5.25 Å². The van der Waals surface area contributed by atoms with Gasteiger partial charge in [0, 0.05) is 11.0 Å². The van der Waals surface area contributed by atoms with Crippen LogP contribution < -0.4 is 5.32 Å². The van der Waals surface area contributed by atoms with E-state index < -0.39 is 0 Å². The number of benzene rings is 1. The van der Waals surface area contributed by atoms with Crippen LogP contribution in [-0.4, -0.2) is 11.2 Å². The Bertz CT molecular complexity index is 328. The summed E-state index contributed by atoms with van der Waals surface area (Å²) >= 11 is 7.41. The molecule has 1 unspecified atom stereocenters. The van der Waals surface area contributed by atoms with Crippen molar-refractivity contribution in [3.05, 3.63) is 34.3 Å². The first-order valence-electron chi connectivity index (χ1n) is 4.30. The zero-order valence-corrected chi connectivity index (χ0v) is 10.3.